The zero-order valence-electron chi connectivity index (χ0n) is 13.7. The van der Waals surface area contributed by atoms with Crippen LogP contribution in [0.1, 0.15) is 15.9 Å². The Bertz CT molecular complexity index is 844. The lowest BCUT2D eigenvalue weighted by atomic mass is 10.2. The fourth-order valence-corrected chi connectivity index (χ4v) is 3.66. The molecule has 0 aliphatic rings. The van der Waals surface area contributed by atoms with Crippen LogP contribution in [0.5, 0.6) is 11.5 Å². The fourth-order valence-electron chi connectivity index (χ4n) is 2.20. The van der Waals surface area contributed by atoms with Gasteiger partial charge in [-0.05, 0) is 31.2 Å². The van der Waals surface area contributed by atoms with Crippen LogP contribution in [0.2, 0.25) is 0 Å². The molecule has 0 fully saturated rings. The number of carbonyl (C=O) groups is 1. The van der Waals surface area contributed by atoms with Gasteiger partial charge >= 0.3 is 7.60 Å². The highest BCUT2D eigenvalue weighted by atomic mass is 31.2. The van der Waals surface area contributed by atoms with Gasteiger partial charge in [-0.1, -0.05) is 66.2 Å². The van der Waals surface area contributed by atoms with Gasteiger partial charge in [-0.2, -0.15) is 0 Å². The van der Waals surface area contributed by atoms with Gasteiger partial charge < -0.3 is 9.05 Å². The molecule has 0 bridgehead atoms. The van der Waals surface area contributed by atoms with Crippen molar-refractivity contribution in [1.29, 1.82) is 0 Å². The normalized spacial score (nSPS) is 10.9. The molecule has 126 valence electrons. The second-order valence-electron chi connectivity index (χ2n) is 5.48. The van der Waals surface area contributed by atoms with Crippen molar-refractivity contribution in [2.24, 2.45) is 0 Å². The van der Waals surface area contributed by atoms with Crippen LogP contribution >= 0.6 is 7.60 Å². The summed E-state index contributed by atoms with van der Waals surface area (Å²) in [6.45, 7) is 1.91. The van der Waals surface area contributed by atoms with Gasteiger partial charge in [0.25, 0.3) is 5.52 Å². The van der Waals surface area contributed by atoms with E-state index in [0.29, 0.717) is 11.5 Å². The summed E-state index contributed by atoms with van der Waals surface area (Å²) >= 11 is 0. The maximum atomic E-state index is 13.3. The van der Waals surface area contributed by atoms with Crippen molar-refractivity contribution in [2.75, 3.05) is 0 Å². The number of hydrogen-bond donors (Lipinski definition) is 0. The van der Waals surface area contributed by atoms with Crippen LogP contribution < -0.4 is 9.05 Å². The Balaban J connectivity index is 1.97. The summed E-state index contributed by atoms with van der Waals surface area (Å²) in [6, 6.07) is 23.9. The van der Waals surface area contributed by atoms with Gasteiger partial charge in [-0.15, -0.1) is 0 Å². The van der Waals surface area contributed by atoms with Gasteiger partial charge in [0.1, 0.15) is 11.5 Å². The van der Waals surface area contributed by atoms with Crippen molar-refractivity contribution < 1.29 is 18.4 Å². The van der Waals surface area contributed by atoms with Crippen LogP contribution in [-0.2, 0) is 4.57 Å². The van der Waals surface area contributed by atoms with E-state index in [4.69, 9.17) is 9.05 Å². The van der Waals surface area contributed by atoms with Crippen molar-refractivity contribution >= 4 is 13.1 Å². The standard InChI is InChI=1S/C20H17O4P/c1-16-12-14-17(15-13-16)20(21)25(22,23-18-8-4-2-5-9-18)24-19-10-6-3-7-11-19/h2-15H,1H3. The Kier molecular flexibility index (Phi) is 5.01. The minimum Gasteiger partial charge on any atom is -0.411 e. The Morgan fingerprint density at radius 3 is 1.60 bits per heavy atom. The molecule has 5 heteroatoms. The van der Waals surface area contributed by atoms with E-state index in [0.717, 1.165) is 5.56 Å². The van der Waals surface area contributed by atoms with Gasteiger partial charge in [0.05, 0.1) is 0 Å². The molecule has 0 saturated carbocycles. The molecule has 0 N–H and O–H groups in total. The summed E-state index contributed by atoms with van der Waals surface area (Å²) in [5.41, 5.74) is 0.598. The quantitative estimate of drug-likeness (QED) is 0.551. The van der Waals surface area contributed by atoms with Crippen molar-refractivity contribution in [2.45, 2.75) is 6.92 Å². The van der Waals surface area contributed by atoms with Crippen LogP contribution in [0.15, 0.2) is 84.9 Å². The fraction of sp³-hybridized carbons (Fsp3) is 0.0500. The van der Waals surface area contributed by atoms with Gasteiger partial charge in [0.15, 0.2) is 0 Å². The minimum absolute atomic E-state index is 0.279. The first-order valence-electron chi connectivity index (χ1n) is 7.78. The zero-order valence-corrected chi connectivity index (χ0v) is 14.6. The maximum Gasteiger partial charge on any atom is 0.503 e. The molecule has 3 aromatic carbocycles. The highest BCUT2D eigenvalue weighted by Gasteiger charge is 2.39. The van der Waals surface area contributed by atoms with Crippen LogP contribution in [-0.4, -0.2) is 5.52 Å². The third-order valence-electron chi connectivity index (χ3n) is 3.48. The van der Waals surface area contributed by atoms with E-state index in [2.05, 4.69) is 0 Å². The average Bonchev–Trinajstić information content (AvgIpc) is 2.63. The van der Waals surface area contributed by atoms with Crippen molar-refractivity contribution in [1.82, 2.24) is 0 Å². The Morgan fingerprint density at radius 1 is 0.720 bits per heavy atom. The van der Waals surface area contributed by atoms with Gasteiger partial charge in [-0.25, -0.2) is 4.57 Å². The van der Waals surface area contributed by atoms with E-state index in [-0.39, 0.29) is 5.56 Å². The molecule has 0 heterocycles. The smallest absolute Gasteiger partial charge is 0.411 e. The second-order valence-corrected chi connectivity index (χ2v) is 7.24. The molecule has 0 aliphatic carbocycles. The second kappa shape index (κ2) is 7.37. The van der Waals surface area contributed by atoms with E-state index >= 15 is 0 Å². The van der Waals surface area contributed by atoms with Crippen molar-refractivity contribution in [3.05, 3.63) is 96.1 Å². The van der Waals surface area contributed by atoms with E-state index < -0.39 is 13.1 Å². The zero-order chi connectivity index (χ0) is 17.7. The molecule has 0 unspecified atom stereocenters. The van der Waals surface area contributed by atoms with Crippen LogP contribution in [0.25, 0.3) is 0 Å². The Hall–Kier alpha value is -2.84. The first kappa shape index (κ1) is 17.0. The largest absolute Gasteiger partial charge is 0.503 e. The molecule has 25 heavy (non-hydrogen) atoms. The summed E-state index contributed by atoms with van der Waals surface area (Å²) in [5.74, 6) is 0.615. The Labute approximate surface area is 146 Å². The molecule has 0 aliphatic heterocycles. The number of hydrogen-bond acceptors (Lipinski definition) is 4. The third kappa shape index (κ3) is 4.17. The molecule has 0 atom stereocenters. The molecule has 4 nitrogen and oxygen atoms in total. The first-order chi connectivity index (χ1) is 12.1. The van der Waals surface area contributed by atoms with E-state index in [9.17, 15) is 9.36 Å². The van der Waals surface area contributed by atoms with Crippen molar-refractivity contribution in [3.8, 4) is 11.5 Å². The number of aryl methyl sites for hydroxylation is 1. The summed E-state index contributed by atoms with van der Waals surface area (Å²) < 4.78 is 24.4. The van der Waals surface area contributed by atoms with Gasteiger partial charge in [0.2, 0.25) is 0 Å². The highest BCUT2D eigenvalue weighted by Crippen LogP contribution is 2.51. The predicted octanol–water partition coefficient (Wildman–Crippen LogP) is 5.49. The molecule has 0 spiro atoms. The number of carbonyl (C=O) groups excluding carboxylic acids is 1. The van der Waals surface area contributed by atoms with E-state index in [1.807, 2.05) is 6.92 Å². The van der Waals surface area contributed by atoms with Crippen LogP contribution in [0, 0.1) is 6.92 Å². The number of para-hydroxylation sites is 2. The number of benzene rings is 3. The van der Waals surface area contributed by atoms with E-state index in [1.165, 1.54) is 0 Å². The molecule has 0 amide bonds. The Morgan fingerprint density at radius 2 is 1.16 bits per heavy atom. The highest BCUT2D eigenvalue weighted by molar-refractivity contribution is 7.73. The van der Waals surface area contributed by atoms with Crippen LogP contribution in [0.4, 0.5) is 0 Å². The molecule has 3 aromatic rings. The number of rotatable bonds is 6. The molecule has 0 aromatic heterocycles. The SMILES string of the molecule is Cc1ccc(C(=O)P(=O)(Oc2ccccc2)Oc2ccccc2)cc1. The monoisotopic (exact) mass is 352 g/mol. The van der Waals surface area contributed by atoms with Gasteiger partial charge in [-0.3, -0.25) is 4.79 Å². The molecular weight excluding hydrogens is 335 g/mol. The van der Waals surface area contributed by atoms with Gasteiger partial charge in [0, 0.05) is 5.56 Å². The lowest BCUT2D eigenvalue weighted by molar-refractivity contribution is 0.104. The topological polar surface area (TPSA) is 52.6 Å². The summed E-state index contributed by atoms with van der Waals surface area (Å²) in [5, 5.41) is 0. The minimum atomic E-state index is -4.13. The summed E-state index contributed by atoms with van der Waals surface area (Å²) in [6.07, 6.45) is 0. The van der Waals surface area contributed by atoms with E-state index in [1.54, 1.807) is 84.9 Å². The first-order valence-corrected chi connectivity index (χ1v) is 9.32. The lowest BCUT2D eigenvalue weighted by Crippen LogP contribution is -2.12. The third-order valence-corrected chi connectivity index (χ3v) is 5.14. The predicted molar refractivity (Wildman–Crippen MR) is 97.3 cm³/mol. The molecule has 3 rings (SSSR count). The molecular formula is C20H17O4P. The van der Waals surface area contributed by atoms with Crippen molar-refractivity contribution in [3.63, 3.8) is 0 Å². The van der Waals surface area contributed by atoms with Crippen LogP contribution in [0.3, 0.4) is 0 Å². The summed E-state index contributed by atoms with van der Waals surface area (Å²) in [4.78, 5) is 12.9. The summed E-state index contributed by atoms with van der Waals surface area (Å²) in [7, 11) is -4.13. The average molecular weight is 352 g/mol. The molecule has 0 radical (unpaired) electrons. The molecule has 0 saturated heterocycles. The lowest BCUT2D eigenvalue weighted by Gasteiger charge is -2.19. The maximum absolute atomic E-state index is 13.3.